The van der Waals surface area contributed by atoms with Gasteiger partial charge in [-0.2, -0.15) is 0 Å². The largest absolute Gasteiger partial charge is 0.337 e. The first-order valence-corrected chi connectivity index (χ1v) is 5.09. The molecule has 0 atom stereocenters. The molecule has 0 heterocycles. The van der Waals surface area contributed by atoms with Crippen molar-refractivity contribution in [2.45, 2.75) is 20.3 Å². The Hall–Kier alpha value is -1.71. The molecule has 0 aromatic heterocycles. The summed E-state index contributed by atoms with van der Waals surface area (Å²) in [5.74, 6) is 0. The van der Waals surface area contributed by atoms with Crippen molar-refractivity contribution >= 4 is 11.7 Å². The number of carbonyl (C=O) groups excluding carboxylic acids is 1. The van der Waals surface area contributed by atoms with Crippen LogP contribution in [0.15, 0.2) is 24.3 Å². The molecule has 0 bridgehead atoms. The average Bonchev–Trinajstić information content (AvgIpc) is 2.23. The lowest BCUT2D eigenvalue weighted by atomic mass is 10.2. The van der Waals surface area contributed by atoms with Crippen molar-refractivity contribution in [3.63, 3.8) is 0 Å². The number of hydrogen-bond donors (Lipinski definition) is 3. The summed E-state index contributed by atoms with van der Waals surface area (Å²) in [4.78, 5) is 11.2. The Morgan fingerprint density at radius 3 is 2.87 bits per heavy atom. The van der Waals surface area contributed by atoms with Crippen LogP contribution in [0.4, 0.5) is 10.5 Å². The van der Waals surface area contributed by atoms with E-state index in [1.54, 1.807) is 0 Å². The van der Waals surface area contributed by atoms with E-state index in [0.717, 1.165) is 17.7 Å². The van der Waals surface area contributed by atoms with Crippen LogP contribution in [0.5, 0.6) is 0 Å². The third-order valence-corrected chi connectivity index (χ3v) is 1.87. The first-order chi connectivity index (χ1) is 7.22. The van der Waals surface area contributed by atoms with Gasteiger partial charge < -0.3 is 5.32 Å². The van der Waals surface area contributed by atoms with Crippen molar-refractivity contribution in [3.8, 4) is 0 Å². The van der Waals surface area contributed by atoms with Crippen molar-refractivity contribution in [3.05, 3.63) is 29.8 Å². The highest BCUT2D eigenvalue weighted by molar-refractivity contribution is 5.75. The molecular formula is C11H17N3O. The molecule has 4 heteroatoms. The van der Waals surface area contributed by atoms with Crippen LogP contribution in [-0.2, 0) is 0 Å². The maximum Gasteiger partial charge on any atom is 0.333 e. The van der Waals surface area contributed by atoms with E-state index in [4.69, 9.17) is 0 Å². The predicted molar refractivity (Wildman–Crippen MR) is 61.6 cm³/mol. The van der Waals surface area contributed by atoms with Gasteiger partial charge in [0, 0.05) is 6.54 Å². The van der Waals surface area contributed by atoms with E-state index in [1.165, 1.54) is 0 Å². The summed E-state index contributed by atoms with van der Waals surface area (Å²) in [5.41, 5.74) is 7.42. The molecule has 4 nitrogen and oxygen atoms in total. The van der Waals surface area contributed by atoms with Gasteiger partial charge in [0.1, 0.15) is 0 Å². The summed E-state index contributed by atoms with van der Waals surface area (Å²) in [6.07, 6.45) is 0.928. The second-order valence-corrected chi connectivity index (χ2v) is 3.38. The van der Waals surface area contributed by atoms with Gasteiger partial charge in [0.25, 0.3) is 0 Å². The fraction of sp³-hybridized carbons (Fsp3) is 0.364. The first-order valence-electron chi connectivity index (χ1n) is 5.09. The summed E-state index contributed by atoms with van der Waals surface area (Å²) in [6.45, 7) is 4.69. The monoisotopic (exact) mass is 207 g/mol. The molecule has 0 unspecified atom stereocenters. The number of anilines is 1. The molecule has 0 spiro atoms. The van der Waals surface area contributed by atoms with Crippen molar-refractivity contribution < 1.29 is 4.79 Å². The van der Waals surface area contributed by atoms with E-state index in [2.05, 4.69) is 16.2 Å². The van der Waals surface area contributed by atoms with Gasteiger partial charge in [-0.15, -0.1) is 0 Å². The second kappa shape index (κ2) is 5.90. The minimum absolute atomic E-state index is 0.210. The van der Waals surface area contributed by atoms with Crippen molar-refractivity contribution in [1.82, 2.24) is 10.7 Å². The maximum absolute atomic E-state index is 11.2. The number of rotatable bonds is 4. The van der Waals surface area contributed by atoms with Crippen LogP contribution in [0.3, 0.4) is 0 Å². The molecule has 1 rings (SSSR count). The number of carbonyl (C=O) groups is 1. The standard InChI is InChI=1S/C11H17N3O/c1-3-7-12-11(15)14-13-10-6-4-5-9(2)8-10/h4-6,8,13H,3,7H2,1-2H3,(H2,12,14,15). The number of hydrogen-bond acceptors (Lipinski definition) is 2. The summed E-state index contributed by atoms with van der Waals surface area (Å²) < 4.78 is 0. The molecule has 0 saturated carbocycles. The fourth-order valence-electron chi connectivity index (χ4n) is 1.13. The molecule has 0 aliphatic carbocycles. The van der Waals surface area contributed by atoms with Crippen LogP contribution in [0, 0.1) is 6.92 Å². The molecular weight excluding hydrogens is 190 g/mol. The summed E-state index contributed by atoms with van der Waals surface area (Å²) in [6, 6.07) is 7.58. The molecule has 15 heavy (non-hydrogen) atoms. The second-order valence-electron chi connectivity index (χ2n) is 3.38. The molecule has 2 amide bonds. The Labute approximate surface area is 90.0 Å². The normalized spacial score (nSPS) is 9.47. The van der Waals surface area contributed by atoms with Gasteiger partial charge in [0.05, 0.1) is 5.69 Å². The molecule has 0 aliphatic heterocycles. The van der Waals surface area contributed by atoms with E-state index in [9.17, 15) is 4.79 Å². The molecule has 1 aromatic rings. The Morgan fingerprint density at radius 2 is 2.20 bits per heavy atom. The molecule has 0 fully saturated rings. The summed E-state index contributed by atoms with van der Waals surface area (Å²) in [5, 5.41) is 2.70. The average molecular weight is 207 g/mol. The van der Waals surface area contributed by atoms with Crippen LogP contribution in [0.1, 0.15) is 18.9 Å². The van der Waals surface area contributed by atoms with Crippen LogP contribution in [0.25, 0.3) is 0 Å². The van der Waals surface area contributed by atoms with Gasteiger partial charge >= 0.3 is 6.03 Å². The van der Waals surface area contributed by atoms with E-state index in [-0.39, 0.29) is 6.03 Å². The van der Waals surface area contributed by atoms with E-state index < -0.39 is 0 Å². The van der Waals surface area contributed by atoms with Crippen molar-refractivity contribution in [2.24, 2.45) is 0 Å². The minimum Gasteiger partial charge on any atom is -0.337 e. The number of amides is 2. The zero-order valence-corrected chi connectivity index (χ0v) is 9.13. The lowest BCUT2D eigenvalue weighted by Crippen LogP contribution is -2.39. The van der Waals surface area contributed by atoms with Gasteiger partial charge in [-0.1, -0.05) is 19.1 Å². The van der Waals surface area contributed by atoms with E-state index in [1.807, 2.05) is 38.1 Å². The number of urea groups is 1. The highest BCUT2D eigenvalue weighted by Crippen LogP contribution is 2.07. The van der Waals surface area contributed by atoms with Gasteiger partial charge in [-0.25, -0.2) is 4.79 Å². The van der Waals surface area contributed by atoms with Crippen LogP contribution in [-0.4, -0.2) is 12.6 Å². The van der Waals surface area contributed by atoms with Gasteiger partial charge in [-0.05, 0) is 31.0 Å². The summed E-state index contributed by atoms with van der Waals surface area (Å²) in [7, 11) is 0. The van der Waals surface area contributed by atoms with Gasteiger partial charge in [-0.3, -0.25) is 10.9 Å². The summed E-state index contributed by atoms with van der Waals surface area (Å²) >= 11 is 0. The molecule has 82 valence electrons. The fourth-order valence-corrected chi connectivity index (χ4v) is 1.13. The number of aryl methyl sites for hydroxylation is 1. The molecule has 0 saturated heterocycles. The number of nitrogens with one attached hydrogen (secondary N) is 3. The van der Waals surface area contributed by atoms with Crippen molar-refractivity contribution in [1.29, 1.82) is 0 Å². The lowest BCUT2D eigenvalue weighted by molar-refractivity contribution is 0.243. The minimum atomic E-state index is -0.210. The number of benzene rings is 1. The molecule has 0 aliphatic rings. The highest BCUT2D eigenvalue weighted by Gasteiger charge is 1.97. The molecule has 1 aromatic carbocycles. The number of hydrazine groups is 1. The predicted octanol–water partition coefficient (Wildman–Crippen LogP) is 2.03. The third-order valence-electron chi connectivity index (χ3n) is 1.87. The van der Waals surface area contributed by atoms with Crippen LogP contribution in [0.2, 0.25) is 0 Å². The van der Waals surface area contributed by atoms with Crippen molar-refractivity contribution in [2.75, 3.05) is 12.0 Å². The topological polar surface area (TPSA) is 53.2 Å². The van der Waals surface area contributed by atoms with Gasteiger partial charge in [0.15, 0.2) is 0 Å². The quantitative estimate of drug-likeness (QED) is 0.662. The third kappa shape index (κ3) is 4.35. The van der Waals surface area contributed by atoms with Gasteiger partial charge in [0.2, 0.25) is 0 Å². The molecule has 0 radical (unpaired) electrons. The Balaban J connectivity index is 2.33. The maximum atomic E-state index is 11.2. The lowest BCUT2D eigenvalue weighted by Gasteiger charge is -2.09. The Morgan fingerprint density at radius 1 is 1.40 bits per heavy atom. The van der Waals surface area contributed by atoms with Crippen LogP contribution >= 0.6 is 0 Å². The Bertz CT molecular complexity index is 325. The smallest absolute Gasteiger partial charge is 0.333 e. The van der Waals surface area contributed by atoms with E-state index >= 15 is 0 Å². The zero-order valence-electron chi connectivity index (χ0n) is 9.13. The van der Waals surface area contributed by atoms with E-state index in [0.29, 0.717) is 6.54 Å². The van der Waals surface area contributed by atoms with Crippen LogP contribution < -0.4 is 16.2 Å². The SMILES string of the molecule is CCCNC(=O)NNc1cccc(C)c1. The molecule has 3 N–H and O–H groups in total. The first kappa shape index (κ1) is 11.4. The highest BCUT2D eigenvalue weighted by atomic mass is 16.2. The Kier molecular flexibility index (Phi) is 4.47. The zero-order chi connectivity index (χ0) is 11.1.